The van der Waals surface area contributed by atoms with Gasteiger partial charge in [-0.2, -0.15) is 0 Å². The molecule has 3 heterocycles. The van der Waals surface area contributed by atoms with Gasteiger partial charge < -0.3 is 9.32 Å². The van der Waals surface area contributed by atoms with Crippen molar-refractivity contribution >= 4 is 5.91 Å². The van der Waals surface area contributed by atoms with Gasteiger partial charge in [-0.15, -0.1) is 10.2 Å². The highest BCUT2D eigenvalue weighted by Crippen LogP contribution is 2.28. The van der Waals surface area contributed by atoms with E-state index in [1.165, 1.54) is 6.07 Å². The molecule has 1 aromatic carbocycles. The minimum Gasteiger partial charge on any atom is -0.419 e. The SMILES string of the molecule is Cc1cnc(-c2nnc([C@H]3CCN(C(=O)CCc4ccccc4F)C3)o2)cn1. The van der Waals surface area contributed by atoms with E-state index in [1.54, 1.807) is 35.5 Å². The summed E-state index contributed by atoms with van der Waals surface area (Å²) in [5, 5.41) is 8.18. The van der Waals surface area contributed by atoms with Gasteiger partial charge in [0.2, 0.25) is 11.8 Å². The summed E-state index contributed by atoms with van der Waals surface area (Å²) in [5.74, 6) is 0.563. The first kappa shape index (κ1) is 18.2. The number of rotatable bonds is 5. The second kappa shape index (κ2) is 7.84. The molecular weight excluding hydrogens is 361 g/mol. The molecule has 0 aliphatic carbocycles. The number of carbonyl (C=O) groups excluding carboxylic acids is 1. The lowest BCUT2D eigenvalue weighted by molar-refractivity contribution is -0.130. The first-order valence-corrected chi connectivity index (χ1v) is 9.24. The van der Waals surface area contributed by atoms with E-state index >= 15 is 0 Å². The van der Waals surface area contributed by atoms with E-state index in [4.69, 9.17) is 4.42 Å². The molecule has 4 rings (SSSR count). The van der Waals surface area contributed by atoms with Crippen LogP contribution in [0.4, 0.5) is 4.39 Å². The molecule has 0 spiro atoms. The topological polar surface area (TPSA) is 85.0 Å². The van der Waals surface area contributed by atoms with Crippen LogP contribution >= 0.6 is 0 Å². The molecule has 1 fully saturated rings. The molecule has 8 heteroatoms. The van der Waals surface area contributed by atoms with Gasteiger partial charge >= 0.3 is 0 Å². The fraction of sp³-hybridized carbons (Fsp3) is 0.350. The summed E-state index contributed by atoms with van der Waals surface area (Å²) < 4.78 is 19.5. The minimum atomic E-state index is -0.271. The van der Waals surface area contributed by atoms with E-state index in [-0.39, 0.29) is 24.1 Å². The van der Waals surface area contributed by atoms with Crippen LogP contribution in [0, 0.1) is 12.7 Å². The first-order valence-electron chi connectivity index (χ1n) is 9.24. The van der Waals surface area contributed by atoms with Crippen LogP contribution in [0.5, 0.6) is 0 Å². The lowest BCUT2D eigenvalue weighted by atomic mass is 10.1. The number of nitrogens with zero attached hydrogens (tertiary/aromatic N) is 5. The van der Waals surface area contributed by atoms with Crippen molar-refractivity contribution in [3.63, 3.8) is 0 Å². The third-order valence-corrected chi connectivity index (χ3v) is 4.90. The summed E-state index contributed by atoms with van der Waals surface area (Å²) in [5.41, 5.74) is 1.90. The fourth-order valence-electron chi connectivity index (χ4n) is 3.30. The number of benzene rings is 1. The summed E-state index contributed by atoms with van der Waals surface area (Å²) in [7, 11) is 0. The Labute approximate surface area is 161 Å². The van der Waals surface area contributed by atoms with Crippen LogP contribution in [0.25, 0.3) is 11.6 Å². The molecule has 1 saturated heterocycles. The molecule has 1 aliphatic rings. The largest absolute Gasteiger partial charge is 0.419 e. The summed E-state index contributed by atoms with van der Waals surface area (Å²) >= 11 is 0. The smallest absolute Gasteiger partial charge is 0.267 e. The molecule has 0 unspecified atom stereocenters. The Bertz CT molecular complexity index is 973. The Kier molecular flexibility index (Phi) is 5.10. The maximum atomic E-state index is 13.7. The predicted octanol–water partition coefficient (Wildman–Crippen LogP) is 2.92. The average molecular weight is 381 g/mol. The zero-order valence-corrected chi connectivity index (χ0v) is 15.5. The predicted molar refractivity (Wildman–Crippen MR) is 98.7 cm³/mol. The molecule has 144 valence electrons. The molecular formula is C20H20FN5O2. The van der Waals surface area contributed by atoms with Crippen molar-refractivity contribution in [2.24, 2.45) is 0 Å². The number of aryl methyl sites for hydroxylation is 2. The van der Waals surface area contributed by atoms with Gasteiger partial charge in [0.05, 0.1) is 17.8 Å². The highest BCUT2D eigenvalue weighted by molar-refractivity contribution is 5.76. The number of halogens is 1. The molecule has 1 atom stereocenters. The van der Waals surface area contributed by atoms with Gasteiger partial charge in [-0.05, 0) is 31.4 Å². The average Bonchev–Trinajstić information content (AvgIpc) is 3.37. The van der Waals surface area contributed by atoms with Crippen molar-refractivity contribution in [2.45, 2.75) is 32.1 Å². The molecule has 1 amide bonds. The number of aromatic nitrogens is 4. The molecule has 0 bridgehead atoms. The Morgan fingerprint density at radius 3 is 2.89 bits per heavy atom. The second-order valence-electron chi connectivity index (χ2n) is 6.91. The second-order valence-corrected chi connectivity index (χ2v) is 6.91. The van der Waals surface area contributed by atoms with Gasteiger partial charge in [-0.25, -0.2) is 9.37 Å². The Hall–Kier alpha value is -3.16. The summed E-state index contributed by atoms with van der Waals surface area (Å²) in [6, 6.07) is 6.55. The molecule has 1 aliphatic heterocycles. The minimum absolute atomic E-state index is 0.00271. The molecule has 0 saturated carbocycles. The van der Waals surface area contributed by atoms with Crippen LogP contribution in [0.2, 0.25) is 0 Å². The zero-order valence-electron chi connectivity index (χ0n) is 15.5. The molecule has 7 nitrogen and oxygen atoms in total. The standard InChI is InChI=1S/C20H20FN5O2/c1-13-10-23-17(11-22-13)20-25-24-19(28-20)15-8-9-26(12-15)18(27)7-6-14-4-2-3-5-16(14)21/h2-5,10-11,15H,6-9,12H2,1H3/t15-/m0/s1. The molecule has 0 N–H and O–H groups in total. The Balaban J connectivity index is 1.35. The van der Waals surface area contributed by atoms with Crippen LogP contribution in [0.3, 0.4) is 0 Å². The zero-order chi connectivity index (χ0) is 19.5. The van der Waals surface area contributed by atoms with Gasteiger partial charge in [0.25, 0.3) is 5.89 Å². The van der Waals surface area contributed by atoms with Gasteiger partial charge in [-0.3, -0.25) is 9.78 Å². The molecule has 2 aromatic heterocycles. The van der Waals surface area contributed by atoms with Crippen molar-refractivity contribution in [1.82, 2.24) is 25.1 Å². The summed E-state index contributed by atoms with van der Waals surface area (Å²) in [6.45, 7) is 3.01. The van der Waals surface area contributed by atoms with E-state index < -0.39 is 0 Å². The third kappa shape index (κ3) is 3.90. The normalized spacial score (nSPS) is 16.5. The molecule has 3 aromatic rings. The van der Waals surface area contributed by atoms with Crippen LogP contribution < -0.4 is 0 Å². The summed E-state index contributed by atoms with van der Waals surface area (Å²) in [6.07, 6.45) is 4.67. The number of hydrogen-bond donors (Lipinski definition) is 0. The van der Waals surface area contributed by atoms with E-state index in [0.717, 1.165) is 12.1 Å². The Morgan fingerprint density at radius 1 is 1.25 bits per heavy atom. The van der Waals surface area contributed by atoms with Crippen LogP contribution in [0.1, 0.15) is 35.9 Å². The van der Waals surface area contributed by atoms with Gasteiger partial charge in [0, 0.05) is 25.7 Å². The first-order chi connectivity index (χ1) is 13.6. The lowest BCUT2D eigenvalue weighted by Crippen LogP contribution is -2.28. The number of likely N-dealkylation sites (tertiary alicyclic amines) is 1. The number of amides is 1. The maximum absolute atomic E-state index is 13.7. The number of hydrogen-bond acceptors (Lipinski definition) is 6. The monoisotopic (exact) mass is 381 g/mol. The van der Waals surface area contributed by atoms with Crippen LogP contribution in [-0.2, 0) is 11.2 Å². The van der Waals surface area contributed by atoms with Gasteiger partial charge in [-0.1, -0.05) is 18.2 Å². The van der Waals surface area contributed by atoms with Crippen molar-refractivity contribution < 1.29 is 13.6 Å². The molecule has 0 radical (unpaired) electrons. The lowest BCUT2D eigenvalue weighted by Gasteiger charge is -2.15. The van der Waals surface area contributed by atoms with Crippen molar-refractivity contribution in [1.29, 1.82) is 0 Å². The maximum Gasteiger partial charge on any atom is 0.267 e. The van der Waals surface area contributed by atoms with E-state index in [2.05, 4.69) is 20.2 Å². The van der Waals surface area contributed by atoms with Gasteiger partial charge in [0.1, 0.15) is 11.5 Å². The summed E-state index contributed by atoms with van der Waals surface area (Å²) in [4.78, 5) is 22.7. The van der Waals surface area contributed by atoms with E-state index in [1.807, 2.05) is 6.92 Å². The number of carbonyl (C=O) groups is 1. The third-order valence-electron chi connectivity index (χ3n) is 4.90. The quantitative estimate of drug-likeness (QED) is 0.676. The van der Waals surface area contributed by atoms with E-state index in [0.29, 0.717) is 42.5 Å². The fourth-order valence-corrected chi connectivity index (χ4v) is 3.30. The molecule has 28 heavy (non-hydrogen) atoms. The van der Waals surface area contributed by atoms with Crippen LogP contribution in [0.15, 0.2) is 41.1 Å². The van der Waals surface area contributed by atoms with Gasteiger partial charge in [0.15, 0.2) is 0 Å². The Morgan fingerprint density at radius 2 is 2.11 bits per heavy atom. The van der Waals surface area contributed by atoms with Crippen molar-refractivity contribution in [2.75, 3.05) is 13.1 Å². The van der Waals surface area contributed by atoms with Crippen molar-refractivity contribution in [3.05, 3.63) is 59.6 Å². The highest BCUT2D eigenvalue weighted by Gasteiger charge is 2.31. The van der Waals surface area contributed by atoms with Crippen LogP contribution in [-0.4, -0.2) is 44.1 Å². The van der Waals surface area contributed by atoms with E-state index in [9.17, 15) is 9.18 Å². The van der Waals surface area contributed by atoms with Crippen molar-refractivity contribution in [3.8, 4) is 11.6 Å². The highest BCUT2D eigenvalue weighted by atomic mass is 19.1.